The fraction of sp³-hybridized carbons (Fsp3) is 0.207. The standard InChI is InChI=1S/C29H25Br2ClN4O4S/c1-16-24(27(37)39-3)25(36-28(33-16)34-29(35-36)41-15-18-8-4-5-10-22(18)32)19-12-21(31)26(23(13-19)38-2)40-14-17-7-6-9-20(30)11-17/h4-13,25H,14-15H2,1-3H3,(H,33,34,35). The Morgan fingerprint density at radius 2 is 1.93 bits per heavy atom. The monoisotopic (exact) mass is 718 g/mol. The molecule has 1 aliphatic rings. The Morgan fingerprint density at radius 3 is 2.66 bits per heavy atom. The van der Waals surface area contributed by atoms with E-state index in [0.717, 1.165) is 21.2 Å². The van der Waals surface area contributed by atoms with E-state index < -0.39 is 12.0 Å². The molecule has 1 aromatic heterocycles. The number of nitrogens with one attached hydrogen (secondary N) is 1. The molecule has 2 heterocycles. The Kier molecular flexibility index (Phi) is 9.28. The topological polar surface area (TPSA) is 87.5 Å². The molecule has 4 aromatic rings. The Morgan fingerprint density at radius 1 is 1.12 bits per heavy atom. The van der Waals surface area contributed by atoms with Crippen LogP contribution in [0, 0.1) is 0 Å². The number of esters is 1. The molecule has 1 atom stereocenters. The van der Waals surface area contributed by atoms with Gasteiger partial charge in [0.05, 0.1) is 24.3 Å². The maximum absolute atomic E-state index is 13.0. The van der Waals surface area contributed by atoms with E-state index in [0.29, 0.717) is 55.7 Å². The highest BCUT2D eigenvalue weighted by Gasteiger charge is 2.36. The van der Waals surface area contributed by atoms with E-state index in [1.54, 1.807) is 11.8 Å². The molecule has 0 bridgehead atoms. The fourth-order valence-electron chi connectivity index (χ4n) is 4.45. The van der Waals surface area contributed by atoms with Gasteiger partial charge in [-0.1, -0.05) is 69.6 Å². The van der Waals surface area contributed by atoms with E-state index in [1.807, 2.05) is 67.6 Å². The van der Waals surface area contributed by atoms with Crippen molar-refractivity contribution in [2.75, 3.05) is 19.5 Å². The second-order valence-corrected chi connectivity index (χ2v) is 12.2. The molecule has 0 radical (unpaired) electrons. The van der Waals surface area contributed by atoms with Crippen molar-refractivity contribution >= 4 is 67.1 Å². The number of benzene rings is 3. The molecule has 0 fully saturated rings. The number of allylic oxidation sites excluding steroid dienone is 1. The van der Waals surface area contributed by atoms with Crippen LogP contribution in [0.5, 0.6) is 11.5 Å². The molecule has 3 aromatic carbocycles. The summed E-state index contributed by atoms with van der Waals surface area (Å²) >= 11 is 15.0. The van der Waals surface area contributed by atoms with E-state index in [-0.39, 0.29) is 0 Å². The van der Waals surface area contributed by atoms with E-state index in [9.17, 15) is 4.79 Å². The third-order valence-corrected chi connectivity index (χ3v) is 8.73. The van der Waals surface area contributed by atoms with Crippen molar-refractivity contribution in [3.05, 3.63) is 103 Å². The molecule has 5 rings (SSSR count). The van der Waals surface area contributed by atoms with Crippen LogP contribution in [-0.2, 0) is 21.9 Å². The average molecular weight is 721 g/mol. The molecule has 0 amide bonds. The van der Waals surface area contributed by atoms with Crippen LogP contribution in [0.2, 0.25) is 5.02 Å². The number of methoxy groups -OCH3 is 2. The molecule has 0 saturated carbocycles. The smallest absolute Gasteiger partial charge is 0.338 e. The van der Waals surface area contributed by atoms with Gasteiger partial charge in [-0.15, -0.1) is 5.10 Å². The molecule has 8 nitrogen and oxygen atoms in total. The minimum Gasteiger partial charge on any atom is -0.493 e. The molecule has 0 spiro atoms. The summed E-state index contributed by atoms with van der Waals surface area (Å²) in [6.45, 7) is 2.16. The highest BCUT2D eigenvalue weighted by molar-refractivity contribution is 9.10. The van der Waals surface area contributed by atoms with E-state index in [2.05, 4.69) is 37.2 Å². The van der Waals surface area contributed by atoms with Gasteiger partial charge in [0.2, 0.25) is 11.1 Å². The predicted octanol–water partition coefficient (Wildman–Crippen LogP) is 7.80. The second-order valence-electron chi connectivity index (χ2n) is 9.05. The second kappa shape index (κ2) is 12.9. The van der Waals surface area contributed by atoms with Gasteiger partial charge in [-0.2, -0.15) is 4.98 Å². The number of aromatic nitrogens is 3. The van der Waals surface area contributed by atoms with Crippen LogP contribution in [0.4, 0.5) is 5.95 Å². The van der Waals surface area contributed by atoms with Gasteiger partial charge in [0.25, 0.3) is 0 Å². The largest absolute Gasteiger partial charge is 0.493 e. The van der Waals surface area contributed by atoms with Crippen LogP contribution < -0.4 is 14.8 Å². The zero-order valence-corrected chi connectivity index (χ0v) is 27.0. The minimum atomic E-state index is -0.634. The van der Waals surface area contributed by atoms with Crippen molar-refractivity contribution < 1.29 is 19.0 Å². The number of ether oxygens (including phenoxy) is 3. The highest BCUT2D eigenvalue weighted by Crippen LogP contribution is 2.43. The van der Waals surface area contributed by atoms with Gasteiger partial charge in [0, 0.05) is 20.9 Å². The van der Waals surface area contributed by atoms with Crippen LogP contribution in [0.25, 0.3) is 0 Å². The number of nitrogens with zero attached hydrogens (tertiary/aromatic N) is 3. The fourth-order valence-corrected chi connectivity index (χ4v) is 6.59. The normalized spacial score (nSPS) is 14.3. The summed E-state index contributed by atoms with van der Waals surface area (Å²) in [7, 11) is 2.93. The maximum Gasteiger partial charge on any atom is 0.338 e. The summed E-state index contributed by atoms with van der Waals surface area (Å²) in [5, 5.41) is 9.21. The first kappa shape index (κ1) is 29.5. The first-order valence-electron chi connectivity index (χ1n) is 12.4. The third kappa shape index (κ3) is 6.43. The quantitative estimate of drug-likeness (QED) is 0.139. The summed E-state index contributed by atoms with van der Waals surface area (Å²) in [6.07, 6.45) is 0. The number of hydrogen-bond acceptors (Lipinski definition) is 8. The summed E-state index contributed by atoms with van der Waals surface area (Å²) in [5.41, 5.74) is 3.74. The number of hydrogen-bond donors (Lipinski definition) is 1. The number of anilines is 1. The molecular formula is C29H25Br2ClN4O4S. The lowest BCUT2D eigenvalue weighted by atomic mass is 9.95. The summed E-state index contributed by atoms with van der Waals surface area (Å²) < 4.78 is 20.4. The van der Waals surface area contributed by atoms with Gasteiger partial charge in [-0.25, -0.2) is 9.48 Å². The van der Waals surface area contributed by atoms with Crippen LogP contribution in [-0.4, -0.2) is 35.0 Å². The van der Waals surface area contributed by atoms with Gasteiger partial charge >= 0.3 is 5.97 Å². The zero-order chi connectivity index (χ0) is 29.1. The molecule has 1 aliphatic heterocycles. The van der Waals surface area contributed by atoms with Crippen molar-refractivity contribution in [1.82, 2.24) is 14.8 Å². The van der Waals surface area contributed by atoms with Crippen LogP contribution >= 0.6 is 55.2 Å². The van der Waals surface area contributed by atoms with Crippen LogP contribution in [0.15, 0.2) is 86.0 Å². The summed E-state index contributed by atoms with van der Waals surface area (Å²) in [5.74, 6) is 1.66. The first-order chi connectivity index (χ1) is 19.8. The number of carbonyl (C=O) groups excluding carboxylic acids is 1. The SMILES string of the molecule is COC(=O)C1=C(C)Nc2nc(SCc3ccccc3Cl)nn2C1c1cc(Br)c(OCc2cccc(Br)c2)c(OC)c1. The van der Waals surface area contributed by atoms with E-state index in [4.69, 9.17) is 35.9 Å². The summed E-state index contributed by atoms with van der Waals surface area (Å²) in [4.78, 5) is 17.7. The maximum atomic E-state index is 13.0. The van der Waals surface area contributed by atoms with Crippen molar-refractivity contribution in [3.8, 4) is 11.5 Å². The number of thioether (sulfide) groups is 1. The van der Waals surface area contributed by atoms with Crippen LogP contribution in [0.3, 0.4) is 0 Å². The van der Waals surface area contributed by atoms with Gasteiger partial charge in [-0.05, 0) is 69.9 Å². The predicted molar refractivity (Wildman–Crippen MR) is 167 cm³/mol. The first-order valence-corrected chi connectivity index (χ1v) is 15.4. The van der Waals surface area contributed by atoms with Crippen molar-refractivity contribution in [1.29, 1.82) is 0 Å². The van der Waals surface area contributed by atoms with Crippen molar-refractivity contribution in [2.45, 2.75) is 30.5 Å². The van der Waals surface area contributed by atoms with Crippen molar-refractivity contribution in [2.24, 2.45) is 0 Å². The lowest BCUT2D eigenvalue weighted by Crippen LogP contribution is -2.29. The average Bonchev–Trinajstić information content (AvgIpc) is 3.36. The number of halogens is 3. The van der Waals surface area contributed by atoms with Crippen LogP contribution in [0.1, 0.15) is 29.7 Å². The van der Waals surface area contributed by atoms with Gasteiger partial charge in [0.15, 0.2) is 11.5 Å². The van der Waals surface area contributed by atoms with E-state index >= 15 is 0 Å². The minimum absolute atomic E-state index is 0.340. The Balaban J connectivity index is 1.50. The Hall–Kier alpha value is -2.99. The number of rotatable bonds is 9. The molecule has 0 saturated heterocycles. The van der Waals surface area contributed by atoms with Crippen molar-refractivity contribution in [3.63, 3.8) is 0 Å². The Bertz CT molecular complexity index is 1650. The lowest BCUT2D eigenvalue weighted by molar-refractivity contribution is -0.136. The molecule has 212 valence electrons. The summed E-state index contributed by atoms with van der Waals surface area (Å²) in [6, 6.07) is 18.7. The molecule has 1 unspecified atom stereocenters. The third-order valence-electron chi connectivity index (χ3n) is 6.39. The van der Waals surface area contributed by atoms with E-state index in [1.165, 1.54) is 18.9 Å². The molecule has 12 heteroatoms. The number of fused-ring (bicyclic) bond motifs is 1. The highest BCUT2D eigenvalue weighted by atomic mass is 79.9. The lowest BCUT2D eigenvalue weighted by Gasteiger charge is -2.28. The van der Waals surface area contributed by atoms with Gasteiger partial charge < -0.3 is 19.5 Å². The molecular weight excluding hydrogens is 696 g/mol. The number of carbonyl (C=O) groups is 1. The molecule has 1 N–H and O–H groups in total. The molecule has 0 aliphatic carbocycles. The Labute approximate surface area is 263 Å². The van der Waals surface area contributed by atoms with Gasteiger partial charge in [-0.3, -0.25) is 0 Å². The zero-order valence-electron chi connectivity index (χ0n) is 22.3. The molecule has 41 heavy (non-hydrogen) atoms. The van der Waals surface area contributed by atoms with Gasteiger partial charge in [0.1, 0.15) is 12.6 Å².